The van der Waals surface area contributed by atoms with Crippen molar-refractivity contribution in [3.63, 3.8) is 0 Å². The zero-order chi connectivity index (χ0) is 12.9. The van der Waals surface area contributed by atoms with E-state index in [-0.39, 0.29) is 5.54 Å². The first-order chi connectivity index (χ1) is 8.05. The zero-order valence-corrected chi connectivity index (χ0v) is 11.4. The second kappa shape index (κ2) is 6.03. The van der Waals surface area contributed by atoms with Crippen molar-refractivity contribution >= 4 is 0 Å². The van der Waals surface area contributed by atoms with E-state index in [9.17, 15) is 0 Å². The van der Waals surface area contributed by atoms with E-state index in [0.717, 1.165) is 18.7 Å². The molecule has 0 fully saturated rings. The Bertz CT molecular complexity index is 348. The highest BCUT2D eigenvalue weighted by molar-refractivity contribution is 5.28. The fourth-order valence-corrected chi connectivity index (χ4v) is 1.81. The molecule has 3 nitrogen and oxygen atoms in total. The van der Waals surface area contributed by atoms with Gasteiger partial charge < -0.3 is 10.5 Å². The molecule has 1 atom stereocenters. The quantitative estimate of drug-likeness (QED) is 0.823. The van der Waals surface area contributed by atoms with Crippen LogP contribution < -0.4 is 10.5 Å². The van der Waals surface area contributed by atoms with Gasteiger partial charge in [0.25, 0.3) is 0 Å². The highest BCUT2D eigenvalue weighted by Crippen LogP contribution is 2.20. The average Bonchev–Trinajstić information content (AvgIpc) is 2.37. The van der Waals surface area contributed by atoms with Crippen molar-refractivity contribution in [1.82, 2.24) is 4.90 Å². The molecule has 3 heteroatoms. The average molecular weight is 236 g/mol. The summed E-state index contributed by atoms with van der Waals surface area (Å²) in [6.07, 6.45) is 1.05. The molecule has 0 amide bonds. The number of nitrogens with zero attached hydrogens (tertiary/aromatic N) is 1. The molecular weight excluding hydrogens is 212 g/mol. The van der Waals surface area contributed by atoms with Gasteiger partial charge in [0, 0.05) is 18.6 Å². The van der Waals surface area contributed by atoms with Crippen LogP contribution in [0.1, 0.15) is 25.8 Å². The molecule has 17 heavy (non-hydrogen) atoms. The first-order valence-electron chi connectivity index (χ1n) is 6.10. The SMILES string of the molecule is CCC(C)(CN)N(C)Cc1cccc(OC)c1. The third-order valence-corrected chi connectivity index (χ3v) is 3.68. The summed E-state index contributed by atoms with van der Waals surface area (Å²) in [5, 5.41) is 0. The molecule has 1 rings (SSSR count). The predicted molar refractivity (Wildman–Crippen MR) is 72.2 cm³/mol. The van der Waals surface area contributed by atoms with Crippen LogP contribution in [0.4, 0.5) is 0 Å². The molecule has 0 aliphatic rings. The Labute approximate surface area is 105 Å². The highest BCUT2D eigenvalue weighted by Gasteiger charge is 2.25. The molecule has 0 spiro atoms. The van der Waals surface area contributed by atoms with Crippen LogP contribution in [0, 0.1) is 0 Å². The van der Waals surface area contributed by atoms with Crippen LogP contribution in [0.25, 0.3) is 0 Å². The Hall–Kier alpha value is -1.06. The van der Waals surface area contributed by atoms with E-state index in [1.165, 1.54) is 5.56 Å². The summed E-state index contributed by atoms with van der Waals surface area (Å²) in [6, 6.07) is 8.17. The number of benzene rings is 1. The number of methoxy groups -OCH3 is 1. The molecule has 0 aliphatic heterocycles. The first kappa shape index (κ1) is 14.0. The summed E-state index contributed by atoms with van der Waals surface area (Å²) in [5.74, 6) is 0.904. The van der Waals surface area contributed by atoms with Gasteiger partial charge in [-0.1, -0.05) is 19.1 Å². The Morgan fingerprint density at radius 3 is 2.65 bits per heavy atom. The van der Waals surface area contributed by atoms with E-state index in [4.69, 9.17) is 10.5 Å². The number of hydrogen-bond acceptors (Lipinski definition) is 3. The molecule has 1 unspecified atom stereocenters. The third-order valence-electron chi connectivity index (χ3n) is 3.68. The fraction of sp³-hybridized carbons (Fsp3) is 0.571. The molecule has 2 N–H and O–H groups in total. The van der Waals surface area contributed by atoms with Gasteiger partial charge in [0.2, 0.25) is 0 Å². The van der Waals surface area contributed by atoms with Gasteiger partial charge in [-0.15, -0.1) is 0 Å². The van der Waals surface area contributed by atoms with Crippen LogP contribution >= 0.6 is 0 Å². The van der Waals surface area contributed by atoms with Crippen molar-refractivity contribution in [2.24, 2.45) is 5.73 Å². The molecule has 0 aliphatic carbocycles. The standard InChI is InChI=1S/C14H24N2O/c1-5-14(2,11-15)16(3)10-12-7-6-8-13(9-12)17-4/h6-9H,5,10-11,15H2,1-4H3. The minimum absolute atomic E-state index is 0.0586. The van der Waals surface area contributed by atoms with Gasteiger partial charge in [-0.25, -0.2) is 0 Å². The predicted octanol–water partition coefficient (Wildman–Crippen LogP) is 2.25. The molecule has 0 heterocycles. The molecule has 0 radical (unpaired) electrons. The maximum atomic E-state index is 5.86. The molecule has 96 valence electrons. The molecule has 0 aromatic heterocycles. The number of likely N-dealkylation sites (N-methyl/N-ethyl adjacent to an activating group) is 1. The summed E-state index contributed by atoms with van der Waals surface area (Å²) < 4.78 is 5.23. The lowest BCUT2D eigenvalue weighted by atomic mass is 9.96. The fourth-order valence-electron chi connectivity index (χ4n) is 1.81. The van der Waals surface area contributed by atoms with E-state index in [0.29, 0.717) is 6.54 Å². The van der Waals surface area contributed by atoms with Crippen LogP contribution in [0.15, 0.2) is 24.3 Å². The van der Waals surface area contributed by atoms with Crippen LogP contribution in [-0.4, -0.2) is 31.1 Å². The van der Waals surface area contributed by atoms with E-state index in [1.54, 1.807) is 7.11 Å². The molecule has 0 saturated carbocycles. The molecule has 1 aromatic rings. The summed E-state index contributed by atoms with van der Waals surface area (Å²) in [6.45, 7) is 5.94. The third kappa shape index (κ3) is 3.45. The lowest BCUT2D eigenvalue weighted by Gasteiger charge is -2.37. The number of hydrogen-bond donors (Lipinski definition) is 1. The lowest BCUT2D eigenvalue weighted by Crippen LogP contribution is -2.48. The Morgan fingerprint density at radius 2 is 2.12 bits per heavy atom. The highest BCUT2D eigenvalue weighted by atomic mass is 16.5. The topological polar surface area (TPSA) is 38.5 Å². The molecule has 0 bridgehead atoms. The van der Waals surface area contributed by atoms with Gasteiger partial charge in [0.15, 0.2) is 0 Å². The van der Waals surface area contributed by atoms with Gasteiger partial charge in [0.1, 0.15) is 5.75 Å². The van der Waals surface area contributed by atoms with Crippen molar-refractivity contribution in [3.05, 3.63) is 29.8 Å². The number of nitrogens with two attached hydrogens (primary N) is 1. The van der Waals surface area contributed by atoms with E-state index in [1.807, 2.05) is 12.1 Å². The molecule has 0 saturated heterocycles. The monoisotopic (exact) mass is 236 g/mol. The largest absolute Gasteiger partial charge is 0.497 e. The smallest absolute Gasteiger partial charge is 0.119 e. The molecule has 1 aromatic carbocycles. The van der Waals surface area contributed by atoms with Crippen LogP contribution in [0.5, 0.6) is 5.75 Å². The second-order valence-corrected chi connectivity index (χ2v) is 4.76. The summed E-state index contributed by atoms with van der Waals surface area (Å²) in [4.78, 5) is 2.31. The zero-order valence-electron chi connectivity index (χ0n) is 11.4. The number of ether oxygens (including phenoxy) is 1. The minimum atomic E-state index is 0.0586. The van der Waals surface area contributed by atoms with Crippen molar-refractivity contribution < 1.29 is 4.74 Å². The first-order valence-corrected chi connectivity index (χ1v) is 6.10. The van der Waals surface area contributed by atoms with Crippen molar-refractivity contribution in [1.29, 1.82) is 0 Å². The Balaban J connectivity index is 2.76. The maximum absolute atomic E-state index is 5.86. The summed E-state index contributed by atoms with van der Waals surface area (Å²) >= 11 is 0. The lowest BCUT2D eigenvalue weighted by molar-refractivity contribution is 0.131. The maximum Gasteiger partial charge on any atom is 0.119 e. The van der Waals surface area contributed by atoms with Crippen LogP contribution in [-0.2, 0) is 6.54 Å². The van der Waals surface area contributed by atoms with E-state index < -0.39 is 0 Å². The van der Waals surface area contributed by atoms with Gasteiger partial charge in [-0.2, -0.15) is 0 Å². The molecular formula is C14H24N2O. The Kier molecular flexibility index (Phi) is 4.97. The van der Waals surface area contributed by atoms with E-state index in [2.05, 4.69) is 37.9 Å². The summed E-state index contributed by atoms with van der Waals surface area (Å²) in [7, 11) is 3.81. The van der Waals surface area contributed by atoms with Crippen molar-refractivity contribution in [2.75, 3.05) is 20.7 Å². The Morgan fingerprint density at radius 1 is 1.41 bits per heavy atom. The van der Waals surface area contributed by atoms with E-state index >= 15 is 0 Å². The normalized spacial score (nSPS) is 14.7. The van der Waals surface area contributed by atoms with Gasteiger partial charge in [-0.3, -0.25) is 4.90 Å². The minimum Gasteiger partial charge on any atom is -0.497 e. The second-order valence-electron chi connectivity index (χ2n) is 4.76. The van der Waals surface area contributed by atoms with Crippen molar-refractivity contribution in [3.8, 4) is 5.75 Å². The van der Waals surface area contributed by atoms with Gasteiger partial charge >= 0.3 is 0 Å². The number of rotatable bonds is 6. The van der Waals surface area contributed by atoms with Crippen LogP contribution in [0.2, 0.25) is 0 Å². The van der Waals surface area contributed by atoms with Crippen LogP contribution in [0.3, 0.4) is 0 Å². The van der Waals surface area contributed by atoms with Crippen molar-refractivity contribution in [2.45, 2.75) is 32.4 Å². The van der Waals surface area contributed by atoms with Gasteiger partial charge in [-0.05, 0) is 38.1 Å². The summed E-state index contributed by atoms with van der Waals surface area (Å²) in [5.41, 5.74) is 7.17. The van der Waals surface area contributed by atoms with Gasteiger partial charge in [0.05, 0.1) is 7.11 Å².